The Labute approximate surface area is 85.9 Å². The van der Waals surface area contributed by atoms with E-state index in [2.05, 4.69) is 25.9 Å². The normalized spacial score (nSPS) is 10.7. The van der Waals surface area contributed by atoms with Crippen LogP contribution in [0.3, 0.4) is 0 Å². The number of fused-ring (bicyclic) bond motifs is 1. The molecule has 1 aromatic carbocycles. The molecule has 6 heteroatoms. The van der Waals surface area contributed by atoms with Crippen molar-refractivity contribution in [2.75, 3.05) is 0 Å². The van der Waals surface area contributed by atoms with E-state index in [9.17, 15) is 9.18 Å². The van der Waals surface area contributed by atoms with Crippen LogP contribution in [-0.4, -0.2) is 21.0 Å². The minimum atomic E-state index is -1.21. The molecule has 2 N–H and O–H groups in total. The number of aromatic carboxylic acids is 1. The SMILES string of the molecule is O=C(O)c1nc2c(F)c(Br)ccc2[nH]1. The van der Waals surface area contributed by atoms with Crippen LogP contribution in [0.25, 0.3) is 11.0 Å². The monoisotopic (exact) mass is 258 g/mol. The fourth-order valence-corrected chi connectivity index (χ4v) is 1.44. The highest BCUT2D eigenvalue weighted by molar-refractivity contribution is 9.10. The topological polar surface area (TPSA) is 66.0 Å². The number of aromatic amines is 1. The van der Waals surface area contributed by atoms with Gasteiger partial charge in [-0.05, 0) is 28.1 Å². The second-order valence-electron chi connectivity index (χ2n) is 2.65. The molecule has 0 saturated carbocycles. The van der Waals surface area contributed by atoms with Crippen molar-refractivity contribution in [1.82, 2.24) is 9.97 Å². The first-order valence-corrected chi connectivity index (χ1v) is 4.46. The van der Waals surface area contributed by atoms with Crippen molar-refractivity contribution in [2.24, 2.45) is 0 Å². The molecule has 2 aromatic rings. The maximum absolute atomic E-state index is 13.4. The lowest BCUT2D eigenvalue weighted by Gasteiger charge is -1.92. The number of imidazole rings is 1. The first-order valence-electron chi connectivity index (χ1n) is 3.66. The summed E-state index contributed by atoms with van der Waals surface area (Å²) in [5, 5.41) is 8.62. The predicted octanol–water partition coefficient (Wildman–Crippen LogP) is 2.16. The lowest BCUT2D eigenvalue weighted by atomic mass is 10.3. The molecule has 0 amide bonds. The molecule has 14 heavy (non-hydrogen) atoms. The van der Waals surface area contributed by atoms with Crippen LogP contribution in [0, 0.1) is 5.82 Å². The van der Waals surface area contributed by atoms with Crippen molar-refractivity contribution < 1.29 is 14.3 Å². The minimum Gasteiger partial charge on any atom is -0.475 e. The summed E-state index contributed by atoms with van der Waals surface area (Å²) in [7, 11) is 0. The van der Waals surface area contributed by atoms with E-state index in [0.29, 0.717) is 5.52 Å². The Morgan fingerprint density at radius 2 is 2.29 bits per heavy atom. The summed E-state index contributed by atoms with van der Waals surface area (Å²) in [5.41, 5.74) is 0.389. The third-order valence-corrected chi connectivity index (χ3v) is 2.36. The number of H-pyrrole nitrogens is 1. The van der Waals surface area contributed by atoms with E-state index in [4.69, 9.17) is 5.11 Å². The molecule has 1 aromatic heterocycles. The zero-order chi connectivity index (χ0) is 10.3. The van der Waals surface area contributed by atoms with Gasteiger partial charge in [0.1, 0.15) is 5.52 Å². The number of aromatic nitrogens is 2. The molecule has 0 unspecified atom stereocenters. The van der Waals surface area contributed by atoms with Crippen molar-refractivity contribution in [3.8, 4) is 0 Å². The fraction of sp³-hybridized carbons (Fsp3) is 0. The predicted molar refractivity (Wildman–Crippen MR) is 50.7 cm³/mol. The van der Waals surface area contributed by atoms with Crippen LogP contribution in [-0.2, 0) is 0 Å². The lowest BCUT2D eigenvalue weighted by Crippen LogP contribution is -1.97. The Morgan fingerprint density at radius 1 is 1.57 bits per heavy atom. The Balaban J connectivity index is 2.77. The molecule has 0 atom stereocenters. The highest BCUT2D eigenvalue weighted by Crippen LogP contribution is 2.22. The standard InChI is InChI=1S/C8H4BrFN2O2/c9-3-1-2-4-6(5(3)10)12-7(11-4)8(13)14/h1-2H,(H,11,12)(H,13,14). The Kier molecular flexibility index (Phi) is 1.99. The van der Waals surface area contributed by atoms with E-state index in [1.807, 2.05) is 0 Å². The molecule has 0 aliphatic carbocycles. The van der Waals surface area contributed by atoms with E-state index in [-0.39, 0.29) is 15.8 Å². The van der Waals surface area contributed by atoms with E-state index < -0.39 is 11.8 Å². The molecule has 0 spiro atoms. The van der Waals surface area contributed by atoms with E-state index in [0.717, 1.165) is 0 Å². The van der Waals surface area contributed by atoms with Gasteiger partial charge in [0.15, 0.2) is 5.82 Å². The zero-order valence-corrected chi connectivity index (χ0v) is 8.30. The molecule has 4 nitrogen and oxygen atoms in total. The maximum atomic E-state index is 13.4. The van der Waals surface area contributed by atoms with Crippen LogP contribution < -0.4 is 0 Å². The van der Waals surface area contributed by atoms with Crippen LogP contribution in [0.2, 0.25) is 0 Å². The Morgan fingerprint density at radius 3 is 2.93 bits per heavy atom. The van der Waals surface area contributed by atoms with Crippen LogP contribution in [0.15, 0.2) is 16.6 Å². The summed E-state index contributed by atoms with van der Waals surface area (Å²) in [4.78, 5) is 16.6. The fourth-order valence-electron chi connectivity index (χ4n) is 1.12. The van der Waals surface area contributed by atoms with E-state index in [1.54, 1.807) is 6.07 Å². The summed E-state index contributed by atoms with van der Waals surface area (Å²) in [6.45, 7) is 0. The largest absolute Gasteiger partial charge is 0.475 e. The molecule has 2 rings (SSSR count). The van der Waals surface area contributed by atoms with Gasteiger partial charge >= 0.3 is 5.97 Å². The quantitative estimate of drug-likeness (QED) is 0.824. The van der Waals surface area contributed by atoms with E-state index in [1.165, 1.54) is 6.07 Å². The van der Waals surface area contributed by atoms with Gasteiger partial charge < -0.3 is 10.1 Å². The summed E-state index contributed by atoms with van der Waals surface area (Å²) < 4.78 is 13.6. The third-order valence-electron chi connectivity index (χ3n) is 1.75. The second kappa shape index (κ2) is 3.06. The molecule has 0 aliphatic heterocycles. The first-order chi connectivity index (χ1) is 6.59. The number of nitrogens with zero attached hydrogens (tertiary/aromatic N) is 1. The number of hydrogen-bond acceptors (Lipinski definition) is 2. The smallest absolute Gasteiger partial charge is 0.371 e. The number of rotatable bonds is 1. The average Bonchev–Trinajstić information content (AvgIpc) is 2.56. The van der Waals surface area contributed by atoms with Crippen LogP contribution >= 0.6 is 15.9 Å². The Bertz CT molecular complexity index is 523. The highest BCUT2D eigenvalue weighted by Gasteiger charge is 2.13. The van der Waals surface area contributed by atoms with Gasteiger partial charge in [-0.15, -0.1) is 0 Å². The van der Waals surface area contributed by atoms with Crippen molar-refractivity contribution in [2.45, 2.75) is 0 Å². The third kappa shape index (κ3) is 1.27. The molecule has 0 fully saturated rings. The Hall–Kier alpha value is -1.43. The van der Waals surface area contributed by atoms with Gasteiger partial charge in [0.2, 0.25) is 5.82 Å². The molecule has 0 bridgehead atoms. The summed E-state index contributed by atoms with van der Waals surface area (Å²) >= 11 is 2.99. The van der Waals surface area contributed by atoms with Gasteiger partial charge in [0.25, 0.3) is 0 Å². The molecule has 0 aliphatic rings. The van der Waals surface area contributed by atoms with Crippen molar-refractivity contribution >= 4 is 32.9 Å². The molecule has 1 heterocycles. The first kappa shape index (κ1) is 9.14. The number of benzene rings is 1. The van der Waals surface area contributed by atoms with Crippen molar-refractivity contribution in [3.05, 3.63) is 28.2 Å². The molecule has 0 saturated heterocycles. The van der Waals surface area contributed by atoms with Gasteiger partial charge in [-0.1, -0.05) is 0 Å². The van der Waals surface area contributed by atoms with Crippen LogP contribution in [0.5, 0.6) is 0 Å². The lowest BCUT2D eigenvalue weighted by molar-refractivity contribution is 0.0685. The molecular weight excluding hydrogens is 255 g/mol. The summed E-state index contributed by atoms with van der Waals surface area (Å²) in [6.07, 6.45) is 0. The summed E-state index contributed by atoms with van der Waals surface area (Å²) in [5.74, 6) is -2.04. The van der Waals surface area contributed by atoms with Gasteiger partial charge in [-0.2, -0.15) is 0 Å². The summed E-state index contributed by atoms with van der Waals surface area (Å²) in [6, 6.07) is 3.05. The molecule has 72 valence electrons. The van der Waals surface area contributed by atoms with Crippen molar-refractivity contribution in [1.29, 1.82) is 0 Å². The van der Waals surface area contributed by atoms with E-state index >= 15 is 0 Å². The van der Waals surface area contributed by atoms with Gasteiger partial charge in [-0.25, -0.2) is 14.2 Å². The number of carbonyl (C=O) groups is 1. The molecular formula is C8H4BrFN2O2. The zero-order valence-electron chi connectivity index (χ0n) is 6.71. The second-order valence-corrected chi connectivity index (χ2v) is 3.50. The number of nitrogens with one attached hydrogen (secondary N) is 1. The van der Waals surface area contributed by atoms with Crippen LogP contribution in [0.4, 0.5) is 4.39 Å². The van der Waals surface area contributed by atoms with Gasteiger partial charge in [0.05, 0.1) is 9.99 Å². The molecule has 0 radical (unpaired) electrons. The average molecular weight is 259 g/mol. The van der Waals surface area contributed by atoms with Crippen molar-refractivity contribution in [3.63, 3.8) is 0 Å². The maximum Gasteiger partial charge on any atom is 0.371 e. The number of carboxylic acids is 1. The van der Waals surface area contributed by atoms with Crippen LogP contribution in [0.1, 0.15) is 10.6 Å². The highest BCUT2D eigenvalue weighted by atomic mass is 79.9. The van der Waals surface area contributed by atoms with Gasteiger partial charge in [-0.3, -0.25) is 0 Å². The van der Waals surface area contributed by atoms with Gasteiger partial charge in [0, 0.05) is 0 Å². The minimum absolute atomic E-state index is 0.0248. The number of halogens is 2. The number of carboxylic acid groups (broad SMARTS) is 1. The number of hydrogen-bond donors (Lipinski definition) is 2.